The van der Waals surface area contributed by atoms with Gasteiger partial charge in [0.1, 0.15) is 17.3 Å². The van der Waals surface area contributed by atoms with Crippen LogP contribution >= 0.6 is 0 Å². The molecule has 2 amide bonds. The summed E-state index contributed by atoms with van der Waals surface area (Å²) in [5.74, 6) is -0.249. The molecule has 1 atom stereocenters. The Bertz CT molecular complexity index is 856. The van der Waals surface area contributed by atoms with Crippen LogP contribution in [-0.2, 0) is 16.1 Å². The summed E-state index contributed by atoms with van der Waals surface area (Å²) in [5.41, 5.74) is 0.966. The number of ether oxygens (including phenoxy) is 2. The van der Waals surface area contributed by atoms with Gasteiger partial charge in [-0.2, -0.15) is 0 Å². The van der Waals surface area contributed by atoms with E-state index in [0.29, 0.717) is 11.5 Å². The maximum absolute atomic E-state index is 13.9. The molecule has 2 aromatic rings. The first-order valence-corrected chi connectivity index (χ1v) is 8.57. The van der Waals surface area contributed by atoms with E-state index in [1.165, 1.54) is 17.0 Å². The molecule has 1 aliphatic heterocycles. The van der Waals surface area contributed by atoms with Gasteiger partial charge in [0.2, 0.25) is 11.8 Å². The number of carbonyl (C=O) groups is 2. The average Bonchev–Trinajstić information content (AvgIpc) is 3.07. The SMILES string of the molecule is COc1ccc(OC)c(CNC(=O)C2CC(=O)N(c3ccccc3F)C2)c1. The number of hydrogen-bond donors (Lipinski definition) is 1. The number of carbonyl (C=O) groups excluding carboxylic acids is 2. The van der Waals surface area contributed by atoms with Crippen LogP contribution in [-0.4, -0.2) is 32.6 Å². The van der Waals surface area contributed by atoms with Gasteiger partial charge in [0, 0.05) is 25.1 Å². The Balaban J connectivity index is 1.66. The van der Waals surface area contributed by atoms with E-state index in [2.05, 4.69) is 5.32 Å². The van der Waals surface area contributed by atoms with Crippen LogP contribution < -0.4 is 19.7 Å². The molecular weight excluding hydrogens is 351 g/mol. The molecule has 0 radical (unpaired) electrons. The highest BCUT2D eigenvalue weighted by molar-refractivity contribution is 6.00. The molecule has 1 saturated heterocycles. The van der Waals surface area contributed by atoms with Crippen molar-refractivity contribution in [3.63, 3.8) is 0 Å². The highest BCUT2D eigenvalue weighted by atomic mass is 19.1. The first-order valence-electron chi connectivity index (χ1n) is 8.57. The zero-order chi connectivity index (χ0) is 19.4. The Hall–Kier alpha value is -3.09. The molecule has 1 N–H and O–H groups in total. The molecule has 1 unspecified atom stereocenters. The Morgan fingerprint density at radius 2 is 2.00 bits per heavy atom. The molecule has 2 aromatic carbocycles. The Labute approximate surface area is 156 Å². The lowest BCUT2D eigenvalue weighted by Crippen LogP contribution is -2.33. The lowest BCUT2D eigenvalue weighted by Gasteiger charge is -2.17. The van der Waals surface area contributed by atoms with E-state index in [-0.39, 0.29) is 37.0 Å². The molecule has 0 aliphatic carbocycles. The number of nitrogens with one attached hydrogen (secondary N) is 1. The van der Waals surface area contributed by atoms with Crippen molar-refractivity contribution >= 4 is 17.5 Å². The Morgan fingerprint density at radius 1 is 1.22 bits per heavy atom. The molecule has 3 rings (SSSR count). The summed E-state index contributed by atoms with van der Waals surface area (Å²) in [6.45, 7) is 0.393. The molecule has 142 valence electrons. The maximum Gasteiger partial charge on any atom is 0.227 e. The molecular formula is C20H21FN2O4. The van der Waals surface area contributed by atoms with Gasteiger partial charge in [0.25, 0.3) is 0 Å². The Kier molecular flexibility index (Phi) is 5.59. The van der Waals surface area contributed by atoms with Crippen LogP contribution in [0.15, 0.2) is 42.5 Å². The minimum absolute atomic E-state index is 0.0510. The van der Waals surface area contributed by atoms with Crippen molar-refractivity contribution in [1.29, 1.82) is 0 Å². The van der Waals surface area contributed by atoms with Crippen molar-refractivity contribution in [3.8, 4) is 11.5 Å². The first-order chi connectivity index (χ1) is 13.0. The molecule has 0 spiro atoms. The number of nitrogens with zero attached hydrogens (tertiary/aromatic N) is 1. The van der Waals surface area contributed by atoms with Gasteiger partial charge in [-0.3, -0.25) is 9.59 Å². The third kappa shape index (κ3) is 4.02. The average molecular weight is 372 g/mol. The summed E-state index contributed by atoms with van der Waals surface area (Å²) in [6, 6.07) is 11.4. The zero-order valence-electron chi connectivity index (χ0n) is 15.2. The largest absolute Gasteiger partial charge is 0.497 e. The molecule has 1 heterocycles. The normalized spacial score (nSPS) is 16.3. The lowest BCUT2D eigenvalue weighted by molar-refractivity contribution is -0.126. The van der Waals surface area contributed by atoms with Gasteiger partial charge >= 0.3 is 0 Å². The van der Waals surface area contributed by atoms with E-state index in [1.807, 2.05) is 0 Å². The number of anilines is 1. The van der Waals surface area contributed by atoms with Gasteiger partial charge in [0.15, 0.2) is 0 Å². The van der Waals surface area contributed by atoms with Crippen molar-refractivity contribution in [2.45, 2.75) is 13.0 Å². The molecule has 0 bridgehead atoms. The topological polar surface area (TPSA) is 67.9 Å². The van der Waals surface area contributed by atoms with Crippen LogP contribution in [0.1, 0.15) is 12.0 Å². The van der Waals surface area contributed by atoms with Gasteiger partial charge in [-0.1, -0.05) is 12.1 Å². The number of hydrogen-bond acceptors (Lipinski definition) is 4. The highest BCUT2D eigenvalue weighted by Crippen LogP contribution is 2.28. The highest BCUT2D eigenvalue weighted by Gasteiger charge is 2.36. The fraction of sp³-hybridized carbons (Fsp3) is 0.300. The summed E-state index contributed by atoms with van der Waals surface area (Å²) in [5, 5.41) is 2.83. The van der Waals surface area contributed by atoms with Crippen molar-refractivity contribution in [3.05, 3.63) is 53.8 Å². The van der Waals surface area contributed by atoms with Crippen molar-refractivity contribution in [2.75, 3.05) is 25.7 Å². The molecule has 27 heavy (non-hydrogen) atoms. The number of amides is 2. The van der Waals surface area contributed by atoms with Gasteiger partial charge in [-0.25, -0.2) is 4.39 Å². The second kappa shape index (κ2) is 8.07. The molecule has 7 heteroatoms. The number of benzene rings is 2. The van der Waals surface area contributed by atoms with Gasteiger partial charge in [0.05, 0.1) is 25.8 Å². The Morgan fingerprint density at radius 3 is 2.70 bits per heavy atom. The second-order valence-corrected chi connectivity index (χ2v) is 6.25. The molecule has 1 fully saturated rings. The smallest absolute Gasteiger partial charge is 0.227 e. The van der Waals surface area contributed by atoms with Crippen LogP contribution in [0.5, 0.6) is 11.5 Å². The minimum Gasteiger partial charge on any atom is -0.497 e. The number of methoxy groups -OCH3 is 2. The summed E-state index contributed by atoms with van der Waals surface area (Å²) >= 11 is 0. The first kappa shape index (κ1) is 18.7. The fourth-order valence-electron chi connectivity index (χ4n) is 3.13. The van der Waals surface area contributed by atoms with E-state index < -0.39 is 11.7 Å². The predicted octanol–water partition coefficient (Wildman–Crippen LogP) is 2.51. The molecule has 6 nitrogen and oxygen atoms in total. The monoisotopic (exact) mass is 372 g/mol. The van der Waals surface area contributed by atoms with Crippen LogP contribution in [0.3, 0.4) is 0 Å². The van der Waals surface area contributed by atoms with E-state index in [4.69, 9.17) is 9.47 Å². The van der Waals surface area contributed by atoms with E-state index >= 15 is 0 Å². The predicted molar refractivity (Wildman–Crippen MR) is 98.3 cm³/mol. The van der Waals surface area contributed by atoms with Gasteiger partial charge in [-0.15, -0.1) is 0 Å². The second-order valence-electron chi connectivity index (χ2n) is 6.25. The number of halogens is 1. The zero-order valence-corrected chi connectivity index (χ0v) is 15.2. The maximum atomic E-state index is 13.9. The third-order valence-corrected chi connectivity index (χ3v) is 4.58. The van der Waals surface area contributed by atoms with Gasteiger partial charge in [-0.05, 0) is 30.3 Å². The van der Waals surface area contributed by atoms with Crippen LogP contribution in [0.25, 0.3) is 0 Å². The van der Waals surface area contributed by atoms with Crippen molar-refractivity contribution in [1.82, 2.24) is 5.32 Å². The van der Waals surface area contributed by atoms with E-state index in [1.54, 1.807) is 44.6 Å². The van der Waals surface area contributed by atoms with E-state index in [0.717, 1.165) is 5.56 Å². The summed E-state index contributed by atoms with van der Waals surface area (Å²) in [4.78, 5) is 26.1. The lowest BCUT2D eigenvalue weighted by atomic mass is 10.1. The summed E-state index contributed by atoms with van der Waals surface area (Å²) in [7, 11) is 3.11. The quantitative estimate of drug-likeness (QED) is 0.846. The van der Waals surface area contributed by atoms with E-state index in [9.17, 15) is 14.0 Å². The third-order valence-electron chi connectivity index (χ3n) is 4.58. The standard InChI is InChI=1S/C20H21FN2O4/c1-26-15-7-8-18(27-2)13(9-15)11-22-20(25)14-10-19(24)23(12-14)17-6-4-3-5-16(17)21/h3-9,14H,10-12H2,1-2H3,(H,22,25). The molecule has 0 aromatic heterocycles. The van der Waals surface area contributed by atoms with Crippen LogP contribution in [0, 0.1) is 11.7 Å². The van der Waals surface area contributed by atoms with Crippen molar-refractivity contribution in [2.24, 2.45) is 5.92 Å². The van der Waals surface area contributed by atoms with Gasteiger partial charge < -0.3 is 19.7 Å². The summed E-state index contributed by atoms with van der Waals surface area (Å²) < 4.78 is 24.4. The molecule has 0 saturated carbocycles. The number of para-hydroxylation sites is 1. The number of rotatable bonds is 6. The summed E-state index contributed by atoms with van der Waals surface area (Å²) in [6.07, 6.45) is 0.0510. The fourth-order valence-corrected chi connectivity index (χ4v) is 3.13. The van der Waals surface area contributed by atoms with Crippen molar-refractivity contribution < 1.29 is 23.5 Å². The minimum atomic E-state index is -0.534. The van der Waals surface area contributed by atoms with Crippen LogP contribution in [0.2, 0.25) is 0 Å². The van der Waals surface area contributed by atoms with Crippen LogP contribution in [0.4, 0.5) is 10.1 Å². The molecule has 1 aliphatic rings.